The largest absolute Gasteiger partial charge is 0.355 e. The van der Waals surface area contributed by atoms with Gasteiger partial charge in [-0.05, 0) is 6.92 Å². The molecular weight excluding hydrogens is 148 g/mol. The van der Waals surface area contributed by atoms with Crippen LogP contribution < -0.4 is 0 Å². The molecule has 0 aromatic rings. The maximum absolute atomic E-state index is 10.6. The second kappa shape index (κ2) is 4.09. The summed E-state index contributed by atoms with van der Waals surface area (Å²) in [4.78, 5) is 22.5. The molecule has 0 fully saturated rings. The minimum absolute atomic E-state index is 0.0162. The fraction of sp³-hybridized carbons (Fsp3) is 0.500. The molecule has 0 aliphatic carbocycles. The van der Waals surface area contributed by atoms with E-state index in [2.05, 4.69) is 0 Å². The van der Waals surface area contributed by atoms with E-state index in [1.807, 2.05) is 6.92 Å². The Labute approximate surface area is 70.2 Å². The molecule has 0 radical (unpaired) electrons. The normalized spacial score (nSPS) is 8.56. The third-order valence-corrected chi connectivity index (χ3v) is 2.16. The van der Waals surface area contributed by atoms with E-state index in [1.54, 1.807) is 0 Å². The Kier molecular flexibility index (Phi) is 4.18. The summed E-state index contributed by atoms with van der Waals surface area (Å²) in [5, 5.41) is 0. The zero-order chi connectivity index (χ0) is 7.44. The van der Waals surface area contributed by atoms with Gasteiger partial charge in [0.2, 0.25) is 0 Å². The van der Waals surface area contributed by atoms with Crippen LogP contribution in [0.1, 0.15) is 6.92 Å². The van der Waals surface area contributed by atoms with Crippen molar-refractivity contribution >= 4 is 42.1 Å². The van der Waals surface area contributed by atoms with Gasteiger partial charge in [0.1, 0.15) is 9.54 Å². The molecule has 0 saturated heterocycles. The van der Waals surface area contributed by atoms with Gasteiger partial charge in [0, 0.05) is 6.54 Å². The number of carbonyl (C=O) groups is 2. The number of amides is 2. The van der Waals surface area contributed by atoms with E-state index in [0.29, 0.717) is 39.1 Å². The molecule has 0 aliphatic heterocycles. The van der Waals surface area contributed by atoms with E-state index >= 15 is 0 Å². The van der Waals surface area contributed by atoms with Crippen molar-refractivity contribution in [2.75, 3.05) is 6.54 Å². The first-order valence-electron chi connectivity index (χ1n) is 2.88. The lowest BCUT2D eigenvalue weighted by Gasteiger charge is -2.15. The molecule has 3 nitrogen and oxygen atoms in total. The van der Waals surface area contributed by atoms with E-state index in [9.17, 15) is 9.59 Å². The number of carbonyl (C=O) groups excluding carboxylic acids is 2. The summed E-state index contributed by atoms with van der Waals surface area (Å²) in [7, 11) is 0. The SMILES string of the molecule is CCN([C](=O)[AlH2])[C](=O)[AlH2]. The summed E-state index contributed by atoms with van der Waals surface area (Å²) in [5.41, 5.74) is 0. The number of nitrogens with zero attached hydrogens (tertiary/aromatic N) is 1. The molecule has 0 atom stereocenters. The summed E-state index contributed by atoms with van der Waals surface area (Å²) < 4.78 is -0.0324. The molecule has 0 N–H and O–H groups in total. The van der Waals surface area contributed by atoms with Gasteiger partial charge in [-0.3, -0.25) is 9.59 Å². The van der Waals surface area contributed by atoms with Gasteiger partial charge in [-0.25, -0.2) is 0 Å². The van der Waals surface area contributed by atoms with Crippen molar-refractivity contribution in [3.63, 3.8) is 0 Å². The Hall–Kier alpha value is 0.205. The predicted molar refractivity (Wildman–Crippen MR) is 40.3 cm³/mol. The first-order chi connectivity index (χ1) is 4.09. The topological polar surface area (TPSA) is 37.4 Å². The van der Waals surface area contributed by atoms with Crippen molar-refractivity contribution in [1.29, 1.82) is 0 Å². The van der Waals surface area contributed by atoms with Crippen LogP contribution >= 0.6 is 0 Å². The highest BCUT2D eigenvalue weighted by molar-refractivity contribution is 6.65. The molecule has 0 bridgehead atoms. The number of hydrogen-bond acceptors (Lipinski definition) is 2. The van der Waals surface area contributed by atoms with E-state index in [4.69, 9.17) is 0 Å². The smallest absolute Gasteiger partial charge is 0.317 e. The minimum atomic E-state index is -0.0162. The Morgan fingerprint density at radius 2 is 1.67 bits per heavy atom. The number of rotatable bonds is 1. The fourth-order valence-electron chi connectivity index (χ4n) is 0.667. The lowest BCUT2D eigenvalue weighted by atomic mass is 10.7. The molecule has 0 saturated carbocycles. The fourth-order valence-corrected chi connectivity index (χ4v) is 2.38. The summed E-state index contributed by atoms with van der Waals surface area (Å²) in [6, 6.07) is 0. The van der Waals surface area contributed by atoms with Crippen molar-refractivity contribution in [2.24, 2.45) is 0 Å². The monoisotopic (exact) mass is 157 g/mol. The van der Waals surface area contributed by atoms with Crippen LogP contribution in [0.4, 0.5) is 9.59 Å². The van der Waals surface area contributed by atoms with Gasteiger partial charge < -0.3 is 4.90 Å². The highest BCUT2D eigenvalue weighted by Gasteiger charge is 2.07. The van der Waals surface area contributed by atoms with Gasteiger partial charge >= 0.3 is 32.6 Å². The van der Waals surface area contributed by atoms with Crippen LogP contribution in [-0.2, 0) is 0 Å². The Morgan fingerprint density at radius 3 is 1.67 bits per heavy atom. The average molecular weight is 157 g/mol. The second-order valence-electron chi connectivity index (χ2n) is 1.78. The minimum Gasteiger partial charge on any atom is -0.317 e. The molecule has 0 aliphatic rings. The van der Waals surface area contributed by atoms with Crippen molar-refractivity contribution in [3.05, 3.63) is 0 Å². The van der Waals surface area contributed by atoms with E-state index in [-0.39, 0.29) is 9.54 Å². The second-order valence-corrected chi connectivity index (χ2v) is 3.49. The third kappa shape index (κ3) is 3.03. The lowest BCUT2D eigenvalue weighted by Crippen LogP contribution is -2.34. The first kappa shape index (κ1) is 9.20. The summed E-state index contributed by atoms with van der Waals surface area (Å²) in [6.45, 7) is 2.34. The summed E-state index contributed by atoms with van der Waals surface area (Å²) in [5.74, 6) is 0. The third-order valence-electron chi connectivity index (χ3n) is 1.08. The van der Waals surface area contributed by atoms with Crippen LogP contribution in [0.2, 0.25) is 0 Å². The molecule has 48 valence electrons. The Morgan fingerprint density at radius 1 is 1.33 bits per heavy atom. The highest BCUT2D eigenvalue weighted by Crippen LogP contribution is 1.87. The van der Waals surface area contributed by atoms with E-state index in [1.165, 1.54) is 4.90 Å². The van der Waals surface area contributed by atoms with E-state index < -0.39 is 0 Å². The molecule has 0 aromatic carbocycles. The van der Waals surface area contributed by atoms with Crippen molar-refractivity contribution in [1.82, 2.24) is 4.90 Å². The van der Waals surface area contributed by atoms with Crippen LogP contribution in [0.5, 0.6) is 0 Å². The van der Waals surface area contributed by atoms with Gasteiger partial charge in [0.05, 0.1) is 0 Å². The first-order valence-corrected chi connectivity index (χ1v) is 4.88. The molecule has 2 amide bonds. The Balaban J connectivity index is 3.99. The molecule has 9 heavy (non-hydrogen) atoms. The molecule has 0 unspecified atom stereocenters. The van der Waals surface area contributed by atoms with Crippen LogP contribution in [0, 0.1) is 0 Å². The van der Waals surface area contributed by atoms with Crippen LogP contribution in [0.15, 0.2) is 0 Å². The van der Waals surface area contributed by atoms with Crippen LogP contribution in [0.3, 0.4) is 0 Å². The zero-order valence-corrected chi connectivity index (χ0v) is 9.97. The predicted octanol–water partition coefficient (Wildman–Crippen LogP) is -1.19. The molecule has 0 rings (SSSR count). The van der Waals surface area contributed by atoms with Gasteiger partial charge in [-0.1, -0.05) is 0 Å². The molecule has 5 heteroatoms. The molecule has 0 heterocycles. The molecular formula is C4H9Al2NO2. The zero-order valence-electron chi connectivity index (χ0n) is 5.97. The average Bonchev–Trinajstić information content (AvgIpc) is 1.64. The maximum Gasteiger partial charge on any atom is 0.355 e. The van der Waals surface area contributed by atoms with Crippen LogP contribution in [-0.4, -0.2) is 53.6 Å². The van der Waals surface area contributed by atoms with Crippen molar-refractivity contribution in [3.8, 4) is 0 Å². The van der Waals surface area contributed by atoms with E-state index in [0.717, 1.165) is 0 Å². The number of imide groups is 1. The van der Waals surface area contributed by atoms with Gasteiger partial charge in [-0.2, -0.15) is 0 Å². The van der Waals surface area contributed by atoms with Gasteiger partial charge in [0.25, 0.3) is 0 Å². The summed E-state index contributed by atoms with van der Waals surface area (Å²) in [6.07, 6.45) is 0. The molecule has 0 spiro atoms. The lowest BCUT2D eigenvalue weighted by molar-refractivity contribution is 0.216. The van der Waals surface area contributed by atoms with Crippen LogP contribution in [0.25, 0.3) is 0 Å². The number of hydrogen-bond donors (Lipinski definition) is 0. The quantitative estimate of drug-likeness (QED) is 0.449. The molecule has 0 aromatic heterocycles. The van der Waals surface area contributed by atoms with Crippen molar-refractivity contribution < 1.29 is 9.59 Å². The van der Waals surface area contributed by atoms with Crippen molar-refractivity contribution in [2.45, 2.75) is 6.92 Å². The Bertz CT molecular complexity index is 123. The standard InChI is InChI=1S/C4H5NO2.2Al.4H/c1-2-5(3-6)4-7;;;;;;/h2H2,1H3;;;;;;. The highest BCUT2D eigenvalue weighted by atomic mass is 27.1. The maximum atomic E-state index is 10.6. The van der Waals surface area contributed by atoms with Gasteiger partial charge in [-0.15, -0.1) is 0 Å². The summed E-state index contributed by atoms with van der Waals surface area (Å²) >= 11 is 0.896. The van der Waals surface area contributed by atoms with Gasteiger partial charge in [0.15, 0.2) is 0 Å².